The molecule has 2 aliphatic rings. The molecule has 0 bridgehead atoms. The summed E-state index contributed by atoms with van der Waals surface area (Å²) in [6.45, 7) is 0.750. The smallest absolute Gasteiger partial charge is 0.201 e. The lowest BCUT2D eigenvalue weighted by molar-refractivity contribution is 0.0762. The molecule has 1 aliphatic heterocycles. The van der Waals surface area contributed by atoms with Gasteiger partial charge in [-0.25, -0.2) is 9.37 Å². The Morgan fingerprint density at radius 1 is 1.32 bits per heavy atom. The minimum absolute atomic E-state index is 0.194. The number of halogens is 1. The van der Waals surface area contributed by atoms with Gasteiger partial charge in [-0.1, -0.05) is 6.07 Å². The fourth-order valence-corrected chi connectivity index (χ4v) is 3.20. The molecule has 2 N–H and O–H groups in total. The first-order chi connectivity index (χ1) is 9.25. The molecule has 1 aromatic heterocycles. The highest BCUT2D eigenvalue weighted by Crippen LogP contribution is 2.44. The number of para-hydroxylation sites is 1. The van der Waals surface area contributed by atoms with Gasteiger partial charge >= 0.3 is 0 Å². The molecule has 5 heteroatoms. The van der Waals surface area contributed by atoms with Gasteiger partial charge in [0.25, 0.3) is 0 Å². The third-order valence-corrected chi connectivity index (χ3v) is 4.22. The molecule has 4 rings (SSSR count). The van der Waals surface area contributed by atoms with E-state index >= 15 is 0 Å². The van der Waals surface area contributed by atoms with Crippen LogP contribution >= 0.6 is 0 Å². The van der Waals surface area contributed by atoms with Crippen LogP contribution < -0.4 is 5.73 Å². The Labute approximate surface area is 110 Å². The van der Waals surface area contributed by atoms with Gasteiger partial charge in [-0.15, -0.1) is 0 Å². The molecule has 1 saturated carbocycles. The molecule has 0 radical (unpaired) electrons. The third kappa shape index (κ3) is 1.64. The summed E-state index contributed by atoms with van der Waals surface area (Å²) >= 11 is 0. The highest BCUT2D eigenvalue weighted by Gasteiger charge is 2.42. The number of nitrogen functional groups attached to an aromatic ring is 1. The summed E-state index contributed by atoms with van der Waals surface area (Å²) in [5, 5.41) is 0. The third-order valence-electron chi connectivity index (χ3n) is 4.22. The summed E-state index contributed by atoms with van der Waals surface area (Å²) in [5.41, 5.74) is 7.15. The van der Waals surface area contributed by atoms with E-state index in [-0.39, 0.29) is 18.0 Å². The van der Waals surface area contributed by atoms with Crippen LogP contribution in [0.2, 0.25) is 0 Å². The molecule has 1 aromatic carbocycles. The van der Waals surface area contributed by atoms with E-state index < -0.39 is 0 Å². The van der Waals surface area contributed by atoms with E-state index in [0.29, 0.717) is 17.4 Å². The zero-order valence-electron chi connectivity index (χ0n) is 10.6. The maximum atomic E-state index is 13.8. The molecule has 0 amide bonds. The average Bonchev–Trinajstić information content (AvgIpc) is 3.02. The minimum Gasteiger partial charge on any atom is -0.376 e. The van der Waals surface area contributed by atoms with Gasteiger partial charge in [-0.3, -0.25) is 0 Å². The molecule has 2 fully saturated rings. The molecule has 0 spiro atoms. The topological polar surface area (TPSA) is 53.1 Å². The van der Waals surface area contributed by atoms with Crippen molar-refractivity contribution in [3.05, 3.63) is 24.0 Å². The normalized spacial score (nSPS) is 27.2. The highest BCUT2D eigenvalue weighted by atomic mass is 19.1. The number of hydrogen-bond donors (Lipinski definition) is 1. The molecule has 19 heavy (non-hydrogen) atoms. The minimum atomic E-state index is -0.315. The fourth-order valence-electron chi connectivity index (χ4n) is 3.20. The van der Waals surface area contributed by atoms with Crippen LogP contribution in [0.4, 0.5) is 10.3 Å². The van der Waals surface area contributed by atoms with E-state index in [4.69, 9.17) is 10.5 Å². The molecule has 2 unspecified atom stereocenters. The van der Waals surface area contributed by atoms with Crippen molar-refractivity contribution in [3.8, 4) is 0 Å². The van der Waals surface area contributed by atoms with E-state index in [1.165, 1.54) is 18.9 Å². The van der Waals surface area contributed by atoms with Gasteiger partial charge < -0.3 is 15.0 Å². The summed E-state index contributed by atoms with van der Waals surface area (Å²) in [5.74, 6) is 0.712. The van der Waals surface area contributed by atoms with E-state index in [2.05, 4.69) is 4.98 Å². The number of imidazole rings is 1. The molecule has 100 valence electrons. The van der Waals surface area contributed by atoms with Gasteiger partial charge in [-0.2, -0.15) is 0 Å². The van der Waals surface area contributed by atoms with Crippen LogP contribution in [0.1, 0.15) is 25.3 Å². The SMILES string of the molecule is Nc1nc2c(F)cccc2n1C1CCOC1C1CC1. The predicted octanol–water partition coefficient (Wildman–Crippen LogP) is 2.50. The van der Waals surface area contributed by atoms with E-state index in [9.17, 15) is 4.39 Å². The number of ether oxygens (including phenoxy) is 1. The van der Waals surface area contributed by atoms with Crippen molar-refractivity contribution in [1.82, 2.24) is 9.55 Å². The van der Waals surface area contributed by atoms with Crippen LogP contribution in [0.3, 0.4) is 0 Å². The maximum absolute atomic E-state index is 13.8. The number of rotatable bonds is 2. The number of aromatic nitrogens is 2. The molecular formula is C14H16FN3O. The number of nitrogens with zero attached hydrogens (tertiary/aromatic N) is 2. The number of nitrogens with two attached hydrogens (primary N) is 1. The average molecular weight is 261 g/mol. The fraction of sp³-hybridized carbons (Fsp3) is 0.500. The van der Waals surface area contributed by atoms with Crippen LogP contribution in [0.5, 0.6) is 0 Å². The lowest BCUT2D eigenvalue weighted by Gasteiger charge is -2.21. The highest BCUT2D eigenvalue weighted by molar-refractivity contribution is 5.79. The lowest BCUT2D eigenvalue weighted by atomic mass is 10.1. The van der Waals surface area contributed by atoms with Crippen LogP contribution in [0, 0.1) is 11.7 Å². The van der Waals surface area contributed by atoms with Crippen molar-refractivity contribution in [3.63, 3.8) is 0 Å². The Morgan fingerprint density at radius 2 is 2.16 bits per heavy atom. The summed E-state index contributed by atoms with van der Waals surface area (Å²) in [6.07, 6.45) is 3.58. The van der Waals surface area contributed by atoms with Crippen LogP contribution in [0.15, 0.2) is 18.2 Å². The van der Waals surface area contributed by atoms with Crippen molar-refractivity contribution in [2.45, 2.75) is 31.4 Å². The number of anilines is 1. The van der Waals surface area contributed by atoms with Crippen molar-refractivity contribution in [2.75, 3.05) is 12.3 Å². The van der Waals surface area contributed by atoms with E-state index in [1.54, 1.807) is 6.07 Å². The summed E-state index contributed by atoms with van der Waals surface area (Å²) < 4.78 is 21.6. The monoisotopic (exact) mass is 261 g/mol. The van der Waals surface area contributed by atoms with Crippen molar-refractivity contribution >= 4 is 17.0 Å². The summed E-state index contributed by atoms with van der Waals surface area (Å²) in [7, 11) is 0. The Morgan fingerprint density at radius 3 is 2.95 bits per heavy atom. The first-order valence-corrected chi connectivity index (χ1v) is 6.79. The zero-order chi connectivity index (χ0) is 13.0. The number of fused-ring (bicyclic) bond motifs is 1. The van der Waals surface area contributed by atoms with Crippen molar-refractivity contribution in [2.24, 2.45) is 5.92 Å². The first-order valence-electron chi connectivity index (χ1n) is 6.79. The number of benzene rings is 1. The predicted molar refractivity (Wildman–Crippen MR) is 70.2 cm³/mol. The Bertz CT molecular complexity index is 635. The Hall–Kier alpha value is -1.62. The van der Waals surface area contributed by atoms with Crippen LogP contribution in [-0.4, -0.2) is 22.3 Å². The molecule has 1 saturated heterocycles. The van der Waals surface area contributed by atoms with Gasteiger partial charge in [0.1, 0.15) is 5.52 Å². The largest absolute Gasteiger partial charge is 0.376 e. The van der Waals surface area contributed by atoms with Crippen LogP contribution in [-0.2, 0) is 4.74 Å². The van der Waals surface area contributed by atoms with Gasteiger partial charge in [0.05, 0.1) is 17.7 Å². The van der Waals surface area contributed by atoms with Crippen molar-refractivity contribution < 1.29 is 9.13 Å². The number of hydrogen-bond acceptors (Lipinski definition) is 3. The molecule has 2 aromatic rings. The van der Waals surface area contributed by atoms with Gasteiger partial charge in [0, 0.05) is 6.61 Å². The summed E-state index contributed by atoms with van der Waals surface area (Å²) in [6, 6.07) is 5.20. The molecule has 2 heterocycles. The second-order valence-electron chi connectivity index (χ2n) is 5.48. The second-order valence-corrected chi connectivity index (χ2v) is 5.48. The van der Waals surface area contributed by atoms with Gasteiger partial charge in [0.15, 0.2) is 5.82 Å². The van der Waals surface area contributed by atoms with Crippen molar-refractivity contribution in [1.29, 1.82) is 0 Å². The standard InChI is InChI=1S/C14H16FN3O/c15-9-2-1-3-10-12(9)17-14(16)18(10)11-6-7-19-13(11)8-4-5-8/h1-3,8,11,13H,4-7H2,(H2,16,17). The Kier molecular flexibility index (Phi) is 2.33. The van der Waals surface area contributed by atoms with Crippen LogP contribution in [0.25, 0.3) is 11.0 Å². The maximum Gasteiger partial charge on any atom is 0.201 e. The van der Waals surface area contributed by atoms with Gasteiger partial charge in [-0.05, 0) is 37.3 Å². The molecule has 1 aliphatic carbocycles. The molecular weight excluding hydrogens is 245 g/mol. The first kappa shape index (κ1) is 11.2. The molecule has 2 atom stereocenters. The quantitative estimate of drug-likeness (QED) is 0.903. The second kappa shape index (κ2) is 3.93. The lowest BCUT2D eigenvalue weighted by Crippen LogP contribution is -2.23. The van der Waals surface area contributed by atoms with E-state index in [0.717, 1.165) is 18.5 Å². The Balaban J connectivity index is 1.85. The van der Waals surface area contributed by atoms with Gasteiger partial charge in [0.2, 0.25) is 5.95 Å². The van der Waals surface area contributed by atoms with E-state index in [1.807, 2.05) is 10.6 Å². The molecule has 4 nitrogen and oxygen atoms in total. The zero-order valence-corrected chi connectivity index (χ0v) is 10.6. The summed E-state index contributed by atoms with van der Waals surface area (Å²) in [4.78, 5) is 4.18.